The number of rotatable bonds is 7. The van der Waals surface area contributed by atoms with E-state index >= 15 is 0 Å². The van der Waals surface area contributed by atoms with Gasteiger partial charge in [0.1, 0.15) is 5.82 Å². The maximum Gasteiger partial charge on any atom is 0.128 e. The number of hydrogen-bond donors (Lipinski definition) is 1. The lowest BCUT2D eigenvalue weighted by molar-refractivity contribution is 0.722. The van der Waals surface area contributed by atoms with Crippen LogP contribution in [0, 0.1) is 0 Å². The van der Waals surface area contributed by atoms with E-state index in [4.69, 9.17) is 4.98 Å². The highest BCUT2D eigenvalue weighted by Gasteiger charge is 2.05. The van der Waals surface area contributed by atoms with Crippen LogP contribution in [-0.2, 0) is 13.0 Å². The van der Waals surface area contributed by atoms with E-state index in [0.717, 1.165) is 38.3 Å². The van der Waals surface area contributed by atoms with Crippen molar-refractivity contribution in [2.24, 2.45) is 0 Å². The maximum atomic E-state index is 4.70. The van der Waals surface area contributed by atoms with Crippen LogP contribution < -0.4 is 10.2 Å². The Labute approximate surface area is 105 Å². The molecule has 0 radical (unpaired) electrons. The zero-order chi connectivity index (χ0) is 12.7. The van der Waals surface area contributed by atoms with Crippen LogP contribution in [0.15, 0.2) is 12.1 Å². The van der Waals surface area contributed by atoms with Crippen LogP contribution >= 0.6 is 0 Å². The zero-order valence-corrected chi connectivity index (χ0v) is 11.6. The van der Waals surface area contributed by atoms with Gasteiger partial charge in [-0.05, 0) is 37.6 Å². The summed E-state index contributed by atoms with van der Waals surface area (Å²) in [6.07, 6.45) is 2.21. The highest BCUT2D eigenvalue weighted by molar-refractivity contribution is 5.42. The van der Waals surface area contributed by atoms with E-state index in [0.29, 0.717) is 0 Å². The fourth-order valence-electron chi connectivity index (χ4n) is 1.75. The Balaban J connectivity index is 2.91. The summed E-state index contributed by atoms with van der Waals surface area (Å²) in [6.45, 7) is 9.40. The van der Waals surface area contributed by atoms with E-state index in [1.54, 1.807) is 0 Å². The predicted molar refractivity (Wildman–Crippen MR) is 74.6 cm³/mol. The van der Waals surface area contributed by atoms with Gasteiger partial charge in [-0.25, -0.2) is 4.98 Å². The van der Waals surface area contributed by atoms with E-state index in [2.05, 4.69) is 50.2 Å². The molecule has 0 aromatic carbocycles. The van der Waals surface area contributed by atoms with Gasteiger partial charge in [-0.15, -0.1) is 0 Å². The normalized spacial score (nSPS) is 10.6. The summed E-state index contributed by atoms with van der Waals surface area (Å²) in [5.41, 5.74) is 2.54. The summed E-state index contributed by atoms with van der Waals surface area (Å²) in [6, 6.07) is 4.41. The van der Waals surface area contributed by atoms with Crippen LogP contribution in [0.5, 0.6) is 0 Å². The lowest BCUT2D eigenvalue weighted by Gasteiger charge is -2.18. The van der Waals surface area contributed by atoms with Crippen molar-refractivity contribution in [2.75, 3.05) is 25.0 Å². The third-order valence-corrected chi connectivity index (χ3v) is 2.88. The summed E-state index contributed by atoms with van der Waals surface area (Å²) in [5, 5.41) is 3.37. The van der Waals surface area contributed by atoms with E-state index in [1.807, 2.05) is 0 Å². The van der Waals surface area contributed by atoms with Crippen molar-refractivity contribution in [1.82, 2.24) is 10.3 Å². The maximum absolute atomic E-state index is 4.70. The molecule has 0 amide bonds. The summed E-state index contributed by atoms with van der Waals surface area (Å²) < 4.78 is 0. The van der Waals surface area contributed by atoms with Crippen LogP contribution in [0.1, 0.15) is 38.4 Å². The first-order chi connectivity index (χ1) is 8.21. The number of nitrogens with one attached hydrogen (secondary N) is 1. The van der Waals surface area contributed by atoms with Crippen LogP contribution in [0.2, 0.25) is 0 Å². The molecule has 0 spiro atoms. The molecule has 0 saturated carbocycles. The first kappa shape index (κ1) is 14.0. The van der Waals surface area contributed by atoms with Crippen LogP contribution in [-0.4, -0.2) is 25.1 Å². The Kier molecular flexibility index (Phi) is 5.98. The molecular weight excluding hydrogens is 210 g/mol. The largest absolute Gasteiger partial charge is 0.360 e. The first-order valence-corrected chi connectivity index (χ1v) is 6.62. The Bertz CT molecular complexity index is 336. The third-order valence-electron chi connectivity index (χ3n) is 2.88. The molecule has 0 aliphatic rings. The van der Waals surface area contributed by atoms with Gasteiger partial charge in [0.05, 0.1) is 0 Å². The molecule has 0 fully saturated rings. The van der Waals surface area contributed by atoms with Crippen molar-refractivity contribution in [3.8, 4) is 0 Å². The van der Waals surface area contributed by atoms with Crippen molar-refractivity contribution in [1.29, 1.82) is 0 Å². The number of aromatic nitrogens is 1. The van der Waals surface area contributed by atoms with Gasteiger partial charge in [0.2, 0.25) is 0 Å². The van der Waals surface area contributed by atoms with Gasteiger partial charge in [0.15, 0.2) is 0 Å². The Morgan fingerprint density at radius 1 is 1.24 bits per heavy atom. The fraction of sp³-hybridized carbons (Fsp3) is 0.643. The molecule has 1 rings (SSSR count). The van der Waals surface area contributed by atoms with Crippen molar-refractivity contribution >= 4 is 5.82 Å². The average molecular weight is 235 g/mol. The second-order valence-corrected chi connectivity index (χ2v) is 4.37. The SMILES string of the molecule is CCCc1cc(CNCC)cc(N(C)CC)n1. The molecule has 3 heteroatoms. The molecule has 0 saturated heterocycles. The van der Waals surface area contributed by atoms with Crippen molar-refractivity contribution in [3.63, 3.8) is 0 Å². The monoisotopic (exact) mass is 235 g/mol. The lowest BCUT2D eigenvalue weighted by Crippen LogP contribution is -2.19. The minimum Gasteiger partial charge on any atom is -0.360 e. The molecule has 1 aromatic heterocycles. The number of nitrogens with zero attached hydrogens (tertiary/aromatic N) is 2. The fourth-order valence-corrected chi connectivity index (χ4v) is 1.75. The molecule has 0 atom stereocenters. The molecule has 1 heterocycles. The second kappa shape index (κ2) is 7.28. The molecule has 1 N–H and O–H groups in total. The summed E-state index contributed by atoms with van der Waals surface area (Å²) in [4.78, 5) is 6.89. The van der Waals surface area contributed by atoms with Crippen molar-refractivity contribution in [3.05, 3.63) is 23.4 Å². The van der Waals surface area contributed by atoms with E-state index in [-0.39, 0.29) is 0 Å². The summed E-state index contributed by atoms with van der Waals surface area (Å²) >= 11 is 0. The van der Waals surface area contributed by atoms with Gasteiger partial charge in [-0.3, -0.25) is 0 Å². The molecule has 0 unspecified atom stereocenters. The Morgan fingerprint density at radius 3 is 2.59 bits per heavy atom. The molecule has 17 heavy (non-hydrogen) atoms. The topological polar surface area (TPSA) is 28.2 Å². The highest BCUT2D eigenvalue weighted by atomic mass is 15.2. The van der Waals surface area contributed by atoms with Gasteiger partial charge in [-0.2, -0.15) is 0 Å². The predicted octanol–water partition coefficient (Wildman–Crippen LogP) is 2.60. The van der Waals surface area contributed by atoms with Gasteiger partial charge >= 0.3 is 0 Å². The number of pyridine rings is 1. The number of hydrogen-bond acceptors (Lipinski definition) is 3. The summed E-state index contributed by atoms with van der Waals surface area (Å²) in [5.74, 6) is 1.09. The Morgan fingerprint density at radius 2 is 2.00 bits per heavy atom. The first-order valence-electron chi connectivity index (χ1n) is 6.62. The average Bonchev–Trinajstić information content (AvgIpc) is 2.35. The molecule has 0 aliphatic heterocycles. The Hall–Kier alpha value is -1.09. The second-order valence-electron chi connectivity index (χ2n) is 4.37. The molecule has 96 valence electrons. The zero-order valence-electron chi connectivity index (χ0n) is 11.6. The standard InChI is InChI=1S/C14H25N3/c1-5-8-13-9-12(11-15-6-2)10-14(16-13)17(4)7-3/h9-10,15H,5-8,11H2,1-4H3. The minimum absolute atomic E-state index is 0.931. The van der Waals surface area contributed by atoms with Gasteiger partial charge in [-0.1, -0.05) is 20.3 Å². The third kappa shape index (κ3) is 4.35. The van der Waals surface area contributed by atoms with Crippen LogP contribution in [0.4, 0.5) is 5.82 Å². The van der Waals surface area contributed by atoms with E-state index in [9.17, 15) is 0 Å². The van der Waals surface area contributed by atoms with Gasteiger partial charge in [0.25, 0.3) is 0 Å². The van der Waals surface area contributed by atoms with Crippen LogP contribution in [0.3, 0.4) is 0 Å². The smallest absolute Gasteiger partial charge is 0.128 e. The molecule has 0 bridgehead atoms. The number of aryl methyl sites for hydroxylation is 1. The van der Waals surface area contributed by atoms with Crippen molar-refractivity contribution in [2.45, 2.75) is 40.2 Å². The molecule has 0 aliphatic carbocycles. The van der Waals surface area contributed by atoms with Gasteiger partial charge < -0.3 is 10.2 Å². The molecular formula is C14H25N3. The van der Waals surface area contributed by atoms with E-state index < -0.39 is 0 Å². The van der Waals surface area contributed by atoms with Crippen LogP contribution in [0.25, 0.3) is 0 Å². The van der Waals surface area contributed by atoms with Gasteiger partial charge in [0, 0.05) is 25.8 Å². The van der Waals surface area contributed by atoms with Crippen molar-refractivity contribution < 1.29 is 0 Å². The number of anilines is 1. The van der Waals surface area contributed by atoms with E-state index in [1.165, 1.54) is 11.3 Å². The molecule has 1 aromatic rings. The molecule has 3 nitrogen and oxygen atoms in total. The summed E-state index contributed by atoms with van der Waals surface area (Å²) in [7, 11) is 2.09. The lowest BCUT2D eigenvalue weighted by atomic mass is 10.1. The minimum atomic E-state index is 0.931. The quantitative estimate of drug-likeness (QED) is 0.787. The highest BCUT2D eigenvalue weighted by Crippen LogP contribution is 2.15.